The van der Waals surface area contributed by atoms with Crippen LogP contribution in [-0.2, 0) is 0 Å². The second-order valence-corrected chi connectivity index (χ2v) is 4.55. The number of hydrogen-bond acceptors (Lipinski definition) is 5. The molecule has 0 saturated carbocycles. The molecule has 1 N–H and O–H groups in total. The number of aromatic nitrogens is 2. The van der Waals surface area contributed by atoms with Gasteiger partial charge in [0.1, 0.15) is 6.61 Å². The van der Waals surface area contributed by atoms with E-state index in [1.807, 2.05) is 12.1 Å². The lowest BCUT2D eigenvalue weighted by Gasteiger charge is -1.94. The summed E-state index contributed by atoms with van der Waals surface area (Å²) in [6, 6.07) is 7.21. The first-order chi connectivity index (χ1) is 8.79. The van der Waals surface area contributed by atoms with Crippen LogP contribution in [0.25, 0.3) is 11.5 Å². The van der Waals surface area contributed by atoms with Crippen LogP contribution in [-0.4, -0.2) is 27.7 Å². The first kappa shape index (κ1) is 13.0. The van der Waals surface area contributed by atoms with Crippen molar-refractivity contribution in [1.29, 1.82) is 0 Å². The Kier molecular flexibility index (Phi) is 4.65. The highest BCUT2D eigenvalue weighted by Gasteiger charge is 2.08. The Labute approximate surface area is 113 Å². The van der Waals surface area contributed by atoms with Gasteiger partial charge in [0.05, 0.1) is 5.75 Å². The highest BCUT2D eigenvalue weighted by atomic mass is 35.5. The third-order valence-corrected chi connectivity index (χ3v) is 2.89. The Morgan fingerprint density at radius 3 is 3.00 bits per heavy atom. The SMILES string of the molecule is OCC#CCSc1nnc(-c2cccc(Cl)c2)o1. The lowest BCUT2D eigenvalue weighted by molar-refractivity contribution is 0.350. The normalized spacial score (nSPS) is 9.89. The molecule has 92 valence electrons. The van der Waals surface area contributed by atoms with E-state index in [1.54, 1.807) is 12.1 Å². The van der Waals surface area contributed by atoms with Crippen molar-refractivity contribution in [1.82, 2.24) is 10.2 Å². The average molecular weight is 281 g/mol. The lowest BCUT2D eigenvalue weighted by Crippen LogP contribution is -1.77. The molecule has 18 heavy (non-hydrogen) atoms. The van der Waals surface area contributed by atoms with Gasteiger partial charge in [0, 0.05) is 10.6 Å². The minimum absolute atomic E-state index is 0.141. The summed E-state index contributed by atoms with van der Waals surface area (Å²) in [7, 11) is 0. The summed E-state index contributed by atoms with van der Waals surface area (Å²) >= 11 is 7.20. The molecule has 0 saturated heterocycles. The highest BCUT2D eigenvalue weighted by Crippen LogP contribution is 2.24. The van der Waals surface area contributed by atoms with Gasteiger partial charge in [0.15, 0.2) is 0 Å². The van der Waals surface area contributed by atoms with Gasteiger partial charge in [-0.2, -0.15) is 0 Å². The fourth-order valence-electron chi connectivity index (χ4n) is 1.21. The van der Waals surface area contributed by atoms with Crippen LogP contribution in [0.15, 0.2) is 33.9 Å². The van der Waals surface area contributed by atoms with Crippen molar-refractivity contribution in [2.24, 2.45) is 0 Å². The predicted molar refractivity (Wildman–Crippen MR) is 70.3 cm³/mol. The van der Waals surface area contributed by atoms with Crippen molar-refractivity contribution in [3.63, 3.8) is 0 Å². The Bertz CT molecular complexity index is 589. The van der Waals surface area contributed by atoms with Gasteiger partial charge in [-0.25, -0.2) is 0 Å². The largest absolute Gasteiger partial charge is 0.411 e. The molecule has 0 spiro atoms. The zero-order chi connectivity index (χ0) is 12.8. The quantitative estimate of drug-likeness (QED) is 0.691. The molecule has 0 bridgehead atoms. The van der Waals surface area contributed by atoms with Crippen LogP contribution in [0.5, 0.6) is 0 Å². The van der Waals surface area contributed by atoms with Gasteiger partial charge in [-0.05, 0) is 18.2 Å². The van der Waals surface area contributed by atoms with E-state index >= 15 is 0 Å². The van der Waals surface area contributed by atoms with E-state index in [9.17, 15) is 0 Å². The molecule has 0 atom stereocenters. The van der Waals surface area contributed by atoms with E-state index in [0.717, 1.165) is 5.56 Å². The van der Waals surface area contributed by atoms with Crippen LogP contribution in [0.1, 0.15) is 0 Å². The summed E-state index contributed by atoms with van der Waals surface area (Å²) in [4.78, 5) is 0. The van der Waals surface area contributed by atoms with Crippen molar-refractivity contribution in [3.8, 4) is 23.3 Å². The Morgan fingerprint density at radius 1 is 1.33 bits per heavy atom. The maximum absolute atomic E-state index is 8.50. The minimum atomic E-state index is -0.141. The summed E-state index contributed by atoms with van der Waals surface area (Å²) in [5.74, 6) is 6.22. The van der Waals surface area contributed by atoms with Gasteiger partial charge < -0.3 is 9.52 Å². The highest BCUT2D eigenvalue weighted by molar-refractivity contribution is 7.99. The van der Waals surface area contributed by atoms with Crippen molar-refractivity contribution in [3.05, 3.63) is 29.3 Å². The standard InChI is InChI=1S/C12H9ClN2O2S/c13-10-5-3-4-9(8-10)11-14-15-12(17-11)18-7-2-1-6-16/h3-5,8,16H,6-7H2. The van der Waals surface area contributed by atoms with Crippen molar-refractivity contribution in [2.75, 3.05) is 12.4 Å². The van der Waals surface area contributed by atoms with E-state index in [0.29, 0.717) is 21.9 Å². The van der Waals surface area contributed by atoms with Crippen LogP contribution in [0, 0.1) is 11.8 Å². The van der Waals surface area contributed by atoms with Crippen molar-refractivity contribution >= 4 is 23.4 Å². The number of benzene rings is 1. The Balaban J connectivity index is 2.06. The number of hydrogen-bond donors (Lipinski definition) is 1. The zero-order valence-electron chi connectivity index (χ0n) is 9.26. The number of rotatable bonds is 3. The molecule has 0 aliphatic rings. The maximum Gasteiger partial charge on any atom is 0.277 e. The lowest BCUT2D eigenvalue weighted by atomic mass is 10.2. The molecule has 0 aliphatic carbocycles. The fourth-order valence-corrected chi connectivity index (χ4v) is 1.94. The molecule has 6 heteroatoms. The van der Waals surface area contributed by atoms with Gasteiger partial charge in [0.2, 0.25) is 5.89 Å². The van der Waals surface area contributed by atoms with Crippen LogP contribution < -0.4 is 0 Å². The first-order valence-electron chi connectivity index (χ1n) is 5.08. The molecular formula is C12H9ClN2O2S. The number of nitrogens with zero attached hydrogens (tertiary/aromatic N) is 2. The number of thioether (sulfide) groups is 1. The van der Waals surface area contributed by atoms with Gasteiger partial charge in [0.25, 0.3) is 5.22 Å². The molecule has 4 nitrogen and oxygen atoms in total. The van der Waals surface area contributed by atoms with Crippen LogP contribution >= 0.6 is 23.4 Å². The molecule has 0 radical (unpaired) electrons. The first-order valence-corrected chi connectivity index (χ1v) is 6.45. The number of halogens is 1. The van der Waals surface area contributed by atoms with E-state index in [4.69, 9.17) is 21.1 Å². The van der Waals surface area contributed by atoms with E-state index in [2.05, 4.69) is 22.0 Å². The van der Waals surface area contributed by atoms with Gasteiger partial charge >= 0.3 is 0 Å². The molecule has 1 heterocycles. The third kappa shape index (κ3) is 3.50. The van der Waals surface area contributed by atoms with Gasteiger partial charge in [-0.3, -0.25) is 0 Å². The topological polar surface area (TPSA) is 59.2 Å². The maximum atomic E-state index is 8.50. The average Bonchev–Trinajstić information content (AvgIpc) is 2.83. The van der Waals surface area contributed by atoms with Crippen LogP contribution in [0.3, 0.4) is 0 Å². The second kappa shape index (κ2) is 6.45. The smallest absolute Gasteiger partial charge is 0.277 e. The van der Waals surface area contributed by atoms with Crippen LogP contribution in [0.4, 0.5) is 0 Å². The summed E-state index contributed by atoms with van der Waals surface area (Å²) in [6.07, 6.45) is 0. The summed E-state index contributed by atoms with van der Waals surface area (Å²) < 4.78 is 5.46. The van der Waals surface area contributed by atoms with E-state index in [-0.39, 0.29) is 6.61 Å². The molecule has 0 fully saturated rings. The Hall–Kier alpha value is -1.48. The summed E-state index contributed by atoms with van der Waals surface area (Å²) in [5.41, 5.74) is 0.781. The Morgan fingerprint density at radius 2 is 2.22 bits per heavy atom. The molecule has 2 aromatic rings. The fraction of sp³-hybridized carbons (Fsp3) is 0.167. The number of aliphatic hydroxyl groups excluding tert-OH is 1. The molecule has 2 rings (SSSR count). The van der Waals surface area contributed by atoms with Crippen LogP contribution in [0.2, 0.25) is 5.02 Å². The third-order valence-electron chi connectivity index (χ3n) is 1.95. The molecule has 0 amide bonds. The van der Waals surface area contributed by atoms with Gasteiger partial charge in [-0.15, -0.1) is 10.2 Å². The summed E-state index contributed by atoms with van der Waals surface area (Å²) in [6.45, 7) is -0.141. The van der Waals surface area contributed by atoms with Crippen molar-refractivity contribution in [2.45, 2.75) is 5.22 Å². The summed E-state index contributed by atoms with van der Waals surface area (Å²) in [5, 5.41) is 17.4. The second-order valence-electron chi connectivity index (χ2n) is 3.18. The molecule has 1 aromatic carbocycles. The van der Waals surface area contributed by atoms with Gasteiger partial charge in [-0.1, -0.05) is 41.3 Å². The van der Waals surface area contributed by atoms with Crippen molar-refractivity contribution < 1.29 is 9.52 Å². The zero-order valence-corrected chi connectivity index (χ0v) is 10.8. The molecule has 1 aromatic heterocycles. The molecule has 0 unspecified atom stereocenters. The minimum Gasteiger partial charge on any atom is -0.411 e. The predicted octanol–water partition coefficient (Wildman–Crippen LogP) is 2.48. The monoisotopic (exact) mass is 280 g/mol. The number of aliphatic hydroxyl groups is 1. The molecular weight excluding hydrogens is 272 g/mol. The molecule has 0 aliphatic heterocycles. The van der Waals surface area contributed by atoms with E-state index in [1.165, 1.54) is 11.8 Å². The van der Waals surface area contributed by atoms with E-state index < -0.39 is 0 Å².